The van der Waals surface area contributed by atoms with Gasteiger partial charge in [0.15, 0.2) is 0 Å². The number of ether oxygens (including phenoxy) is 1. The average Bonchev–Trinajstić information content (AvgIpc) is 3.10. The van der Waals surface area contributed by atoms with Crippen LogP contribution in [0.1, 0.15) is 36.0 Å². The maximum Gasteiger partial charge on any atom is 0.262 e. The Hall–Kier alpha value is -3.11. The molecule has 1 saturated heterocycles. The molecular formula is C27H30N2O2. The first-order chi connectivity index (χ1) is 15.3. The lowest BCUT2D eigenvalue weighted by molar-refractivity contribution is 0.0999. The number of likely N-dealkylation sites (tertiary alicyclic amines) is 1. The first-order valence-corrected chi connectivity index (χ1v) is 11.2. The van der Waals surface area contributed by atoms with Gasteiger partial charge in [0.05, 0.1) is 0 Å². The van der Waals surface area contributed by atoms with Crippen molar-refractivity contribution in [3.63, 3.8) is 0 Å². The fourth-order valence-corrected chi connectivity index (χ4v) is 4.01. The van der Waals surface area contributed by atoms with E-state index in [4.69, 9.17) is 4.74 Å². The van der Waals surface area contributed by atoms with Crippen molar-refractivity contribution < 1.29 is 9.53 Å². The highest BCUT2D eigenvalue weighted by Gasteiger charge is 2.19. The normalized spacial score (nSPS) is 14.6. The largest absolute Gasteiger partial charge is 0.492 e. The molecule has 0 unspecified atom stereocenters. The van der Waals surface area contributed by atoms with Crippen LogP contribution >= 0.6 is 0 Å². The van der Waals surface area contributed by atoms with E-state index in [0.717, 1.165) is 23.7 Å². The highest BCUT2D eigenvalue weighted by atomic mass is 16.5. The maximum atomic E-state index is 13.3. The molecule has 1 fully saturated rings. The summed E-state index contributed by atoms with van der Waals surface area (Å²) in [6.45, 7) is 4.00. The lowest BCUT2D eigenvalue weighted by Crippen LogP contribution is -2.29. The number of hydrogen-bond acceptors (Lipinski definition) is 3. The van der Waals surface area contributed by atoms with Gasteiger partial charge >= 0.3 is 0 Å². The van der Waals surface area contributed by atoms with E-state index in [1.54, 1.807) is 4.90 Å². The second kappa shape index (κ2) is 10.8. The van der Waals surface area contributed by atoms with Gasteiger partial charge in [-0.15, -0.1) is 0 Å². The Morgan fingerprint density at radius 3 is 1.97 bits per heavy atom. The number of para-hydroxylation sites is 1. The molecule has 1 heterocycles. The topological polar surface area (TPSA) is 32.8 Å². The predicted molar refractivity (Wildman–Crippen MR) is 126 cm³/mol. The molecule has 0 atom stereocenters. The zero-order chi connectivity index (χ0) is 21.3. The van der Waals surface area contributed by atoms with Gasteiger partial charge < -0.3 is 4.74 Å². The molecule has 1 amide bonds. The molecule has 1 aliphatic rings. The van der Waals surface area contributed by atoms with Crippen LogP contribution in [0.25, 0.3) is 0 Å². The number of rotatable bonds is 7. The molecule has 0 saturated carbocycles. The van der Waals surface area contributed by atoms with Gasteiger partial charge in [-0.2, -0.15) is 0 Å². The van der Waals surface area contributed by atoms with Gasteiger partial charge in [-0.25, -0.2) is 0 Å². The quantitative estimate of drug-likeness (QED) is 0.481. The average molecular weight is 415 g/mol. The van der Waals surface area contributed by atoms with Gasteiger partial charge in [0.2, 0.25) is 0 Å². The van der Waals surface area contributed by atoms with Crippen LogP contribution in [0.3, 0.4) is 0 Å². The molecule has 0 aromatic heterocycles. The fourth-order valence-electron chi connectivity index (χ4n) is 4.01. The standard InChI is InChI=1S/C27H30N2O2/c30-27(23-11-5-3-6-12-23)29(24-13-7-4-8-14-24)25-15-17-26(18-16-25)31-22-21-28-19-9-1-2-10-20-28/h3-8,11-18H,1-2,9-10,19-22H2. The van der Waals surface area contributed by atoms with Crippen LogP contribution in [0.4, 0.5) is 11.4 Å². The van der Waals surface area contributed by atoms with Crippen LogP contribution in [0, 0.1) is 0 Å². The van der Waals surface area contributed by atoms with Gasteiger partial charge in [0.1, 0.15) is 12.4 Å². The number of carbonyl (C=O) groups is 1. The highest BCUT2D eigenvalue weighted by Crippen LogP contribution is 2.29. The highest BCUT2D eigenvalue weighted by molar-refractivity contribution is 6.10. The van der Waals surface area contributed by atoms with Crippen LogP contribution in [0.5, 0.6) is 5.75 Å². The van der Waals surface area contributed by atoms with Crippen LogP contribution in [0.15, 0.2) is 84.9 Å². The first kappa shape index (κ1) is 21.1. The molecular weight excluding hydrogens is 384 g/mol. The van der Waals surface area contributed by atoms with Crippen molar-refractivity contribution in [1.82, 2.24) is 4.90 Å². The molecule has 0 bridgehead atoms. The second-order valence-electron chi connectivity index (χ2n) is 7.94. The van der Waals surface area contributed by atoms with Crippen molar-refractivity contribution in [2.45, 2.75) is 25.7 Å². The molecule has 3 aromatic rings. The molecule has 0 N–H and O–H groups in total. The smallest absolute Gasteiger partial charge is 0.262 e. The molecule has 0 radical (unpaired) electrons. The third-order valence-electron chi connectivity index (χ3n) is 5.71. The molecule has 0 spiro atoms. The number of amides is 1. The number of nitrogens with zero attached hydrogens (tertiary/aromatic N) is 2. The Morgan fingerprint density at radius 2 is 1.32 bits per heavy atom. The number of anilines is 2. The van der Waals surface area contributed by atoms with Crippen molar-refractivity contribution in [3.8, 4) is 5.75 Å². The van der Waals surface area contributed by atoms with Gasteiger partial charge in [0, 0.05) is 23.5 Å². The summed E-state index contributed by atoms with van der Waals surface area (Å²) in [5.74, 6) is 0.778. The molecule has 0 aliphatic carbocycles. The van der Waals surface area contributed by atoms with Gasteiger partial charge in [-0.3, -0.25) is 14.6 Å². The van der Waals surface area contributed by atoms with Crippen LogP contribution in [-0.4, -0.2) is 37.0 Å². The Balaban J connectivity index is 1.45. The lowest BCUT2D eigenvalue weighted by Gasteiger charge is -2.23. The summed E-state index contributed by atoms with van der Waals surface area (Å²) in [5.41, 5.74) is 2.32. The van der Waals surface area contributed by atoms with Crippen molar-refractivity contribution in [3.05, 3.63) is 90.5 Å². The van der Waals surface area contributed by atoms with Crippen LogP contribution in [0.2, 0.25) is 0 Å². The van der Waals surface area contributed by atoms with E-state index in [0.29, 0.717) is 12.2 Å². The molecule has 160 valence electrons. The lowest BCUT2D eigenvalue weighted by atomic mass is 10.1. The second-order valence-corrected chi connectivity index (χ2v) is 7.94. The molecule has 4 nitrogen and oxygen atoms in total. The van der Waals surface area contributed by atoms with E-state index in [2.05, 4.69) is 4.90 Å². The SMILES string of the molecule is O=C(c1ccccc1)N(c1ccccc1)c1ccc(OCCN2CCCCCC2)cc1. The van der Waals surface area contributed by atoms with Crippen molar-refractivity contribution in [1.29, 1.82) is 0 Å². The monoisotopic (exact) mass is 414 g/mol. The fraction of sp³-hybridized carbons (Fsp3) is 0.296. The number of benzene rings is 3. The Kier molecular flexibility index (Phi) is 7.35. The van der Waals surface area contributed by atoms with Gasteiger partial charge in [-0.1, -0.05) is 49.2 Å². The maximum absolute atomic E-state index is 13.3. The van der Waals surface area contributed by atoms with Gasteiger partial charge in [0.25, 0.3) is 5.91 Å². The molecule has 4 rings (SSSR count). The third-order valence-corrected chi connectivity index (χ3v) is 5.71. The van der Waals surface area contributed by atoms with Crippen LogP contribution in [-0.2, 0) is 0 Å². The first-order valence-electron chi connectivity index (χ1n) is 11.2. The zero-order valence-corrected chi connectivity index (χ0v) is 18.0. The molecule has 31 heavy (non-hydrogen) atoms. The summed E-state index contributed by atoms with van der Waals surface area (Å²) in [6, 6.07) is 26.9. The van der Waals surface area contributed by atoms with Crippen molar-refractivity contribution in [2.75, 3.05) is 31.1 Å². The van der Waals surface area contributed by atoms with Crippen LogP contribution < -0.4 is 9.64 Å². The molecule has 3 aromatic carbocycles. The van der Waals surface area contributed by atoms with E-state index < -0.39 is 0 Å². The van der Waals surface area contributed by atoms with Crippen molar-refractivity contribution >= 4 is 17.3 Å². The molecule has 4 heteroatoms. The summed E-state index contributed by atoms with van der Waals surface area (Å²) in [4.78, 5) is 17.5. The van der Waals surface area contributed by atoms with Crippen molar-refractivity contribution in [2.24, 2.45) is 0 Å². The Morgan fingerprint density at radius 1 is 0.742 bits per heavy atom. The zero-order valence-electron chi connectivity index (χ0n) is 18.0. The number of hydrogen-bond donors (Lipinski definition) is 0. The third kappa shape index (κ3) is 5.74. The summed E-state index contributed by atoms with van der Waals surface area (Å²) in [5, 5.41) is 0. The summed E-state index contributed by atoms with van der Waals surface area (Å²) < 4.78 is 5.99. The molecule has 1 aliphatic heterocycles. The Bertz CT molecular complexity index is 934. The minimum atomic E-state index is -0.0540. The minimum absolute atomic E-state index is 0.0540. The van der Waals surface area contributed by atoms with E-state index in [-0.39, 0.29) is 5.91 Å². The summed E-state index contributed by atoms with van der Waals surface area (Å²) in [6.07, 6.45) is 5.27. The number of carbonyl (C=O) groups excluding carboxylic acids is 1. The minimum Gasteiger partial charge on any atom is -0.492 e. The van der Waals surface area contributed by atoms with E-state index in [9.17, 15) is 4.79 Å². The van der Waals surface area contributed by atoms with E-state index in [1.807, 2.05) is 84.9 Å². The predicted octanol–water partition coefficient (Wildman–Crippen LogP) is 5.92. The Labute approximate surface area is 185 Å². The summed E-state index contributed by atoms with van der Waals surface area (Å²) in [7, 11) is 0. The van der Waals surface area contributed by atoms with Gasteiger partial charge in [-0.05, 0) is 74.5 Å². The van der Waals surface area contributed by atoms with E-state index >= 15 is 0 Å². The van der Waals surface area contributed by atoms with E-state index in [1.165, 1.54) is 38.8 Å². The summed E-state index contributed by atoms with van der Waals surface area (Å²) >= 11 is 0.